The van der Waals surface area contributed by atoms with Gasteiger partial charge < -0.3 is 15.6 Å². The Balaban J connectivity index is 2.03. The van der Waals surface area contributed by atoms with Crippen molar-refractivity contribution in [2.45, 2.75) is 18.6 Å². The third-order valence-corrected chi connectivity index (χ3v) is 3.54. The number of hydrogen-bond donors (Lipinski definition) is 2. The second-order valence-electron chi connectivity index (χ2n) is 4.95. The molecule has 2 aromatic carbocycles. The van der Waals surface area contributed by atoms with Crippen molar-refractivity contribution < 1.29 is 23.0 Å². The Morgan fingerprint density at radius 2 is 1.81 bits per heavy atom. The molecule has 3 rings (SSSR count). The van der Waals surface area contributed by atoms with Gasteiger partial charge in [0.1, 0.15) is 23.4 Å². The quantitative estimate of drug-likeness (QED) is 0.795. The summed E-state index contributed by atoms with van der Waals surface area (Å²) in [5, 5.41) is 9.75. The number of aromatic hydroxyl groups is 1. The number of nitrogens with two attached hydrogens (primary N) is 1. The number of benzene rings is 2. The molecule has 0 aliphatic carbocycles. The second-order valence-corrected chi connectivity index (χ2v) is 4.95. The topological polar surface area (TPSA) is 55.5 Å². The van der Waals surface area contributed by atoms with Crippen molar-refractivity contribution >= 4 is 0 Å². The number of ether oxygens (including phenoxy) is 1. The fraction of sp³-hybridized carbons (Fsp3) is 0.200. The minimum Gasteiger partial charge on any atom is -0.508 e. The molecule has 0 fully saturated rings. The predicted octanol–water partition coefficient (Wildman–Crippen LogP) is 2.81. The number of phenols is 1. The summed E-state index contributed by atoms with van der Waals surface area (Å²) in [6.45, 7) is 0. The molecule has 21 heavy (non-hydrogen) atoms. The van der Waals surface area contributed by atoms with Gasteiger partial charge in [-0.05, 0) is 24.6 Å². The molecule has 1 heterocycles. The van der Waals surface area contributed by atoms with Crippen LogP contribution in [0.4, 0.5) is 13.2 Å². The maximum atomic E-state index is 13.9. The summed E-state index contributed by atoms with van der Waals surface area (Å²) in [5.41, 5.74) is 6.31. The summed E-state index contributed by atoms with van der Waals surface area (Å²) in [6, 6.07) is 5.20. The van der Waals surface area contributed by atoms with Gasteiger partial charge in [-0.15, -0.1) is 0 Å². The van der Waals surface area contributed by atoms with Gasteiger partial charge >= 0.3 is 0 Å². The van der Waals surface area contributed by atoms with Crippen molar-refractivity contribution in [2.24, 2.45) is 5.73 Å². The zero-order valence-corrected chi connectivity index (χ0v) is 10.8. The lowest BCUT2D eigenvalue weighted by molar-refractivity contribution is 0.147. The van der Waals surface area contributed by atoms with Crippen LogP contribution in [0, 0.1) is 17.5 Å². The fourth-order valence-corrected chi connectivity index (χ4v) is 2.49. The van der Waals surface area contributed by atoms with E-state index in [9.17, 15) is 18.3 Å². The highest BCUT2D eigenvalue weighted by Gasteiger charge is 2.32. The Morgan fingerprint density at radius 3 is 2.57 bits per heavy atom. The summed E-state index contributed by atoms with van der Waals surface area (Å²) in [6.07, 6.45) is -0.708. The van der Waals surface area contributed by atoms with Crippen molar-refractivity contribution in [1.82, 2.24) is 0 Å². The summed E-state index contributed by atoms with van der Waals surface area (Å²) >= 11 is 0. The van der Waals surface area contributed by atoms with E-state index in [4.69, 9.17) is 10.5 Å². The summed E-state index contributed by atoms with van der Waals surface area (Å²) in [5.74, 6) is -2.96. The highest BCUT2D eigenvalue weighted by Crippen LogP contribution is 2.39. The van der Waals surface area contributed by atoms with Gasteiger partial charge in [0.15, 0.2) is 11.6 Å². The van der Waals surface area contributed by atoms with Crippen LogP contribution in [0.25, 0.3) is 0 Å². The maximum Gasteiger partial charge on any atom is 0.161 e. The van der Waals surface area contributed by atoms with E-state index in [0.717, 1.165) is 6.07 Å². The lowest BCUT2D eigenvalue weighted by atomic mass is 9.92. The Labute approximate surface area is 118 Å². The van der Waals surface area contributed by atoms with E-state index in [0.29, 0.717) is 17.4 Å². The molecule has 0 spiro atoms. The molecule has 3 N–H and O–H groups in total. The third kappa shape index (κ3) is 2.31. The highest BCUT2D eigenvalue weighted by atomic mass is 19.2. The SMILES string of the molecule is NC1Cc2c(O)cccc2OC1c1cc(F)c(F)cc1F. The molecule has 1 aliphatic rings. The van der Waals surface area contributed by atoms with E-state index < -0.39 is 29.6 Å². The standard InChI is InChI=1S/C15H12F3NO2/c16-9-6-11(18)10(17)4-7(9)15-12(19)5-8-13(20)2-1-3-14(8)21-15/h1-4,6,12,15,20H,5,19H2. The summed E-state index contributed by atoms with van der Waals surface area (Å²) < 4.78 is 45.7. The number of phenolic OH excluding ortho intramolecular Hbond substituents is 1. The molecular formula is C15H12F3NO2. The summed E-state index contributed by atoms with van der Waals surface area (Å²) in [7, 11) is 0. The molecule has 2 atom stereocenters. The Kier molecular flexibility index (Phi) is 3.25. The molecule has 2 unspecified atom stereocenters. The molecule has 0 bridgehead atoms. The molecule has 110 valence electrons. The molecular weight excluding hydrogens is 283 g/mol. The Morgan fingerprint density at radius 1 is 1.10 bits per heavy atom. The molecule has 0 aromatic heterocycles. The van der Waals surface area contributed by atoms with Crippen molar-refractivity contribution in [3.8, 4) is 11.5 Å². The largest absolute Gasteiger partial charge is 0.508 e. The van der Waals surface area contributed by atoms with Crippen molar-refractivity contribution in [1.29, 1.82) is 0 Å². The van der Waals surface area contributed by atoms with Crippen LogP contribution in [-0.4, -0.2) is 11.1 Å². The number of rotatable bonds is 1. The Hall–Kier alpha value is -2.21. The van der Waals surface area contributed by atoms with Crippen LogP contribution in [0.1, 0.15) is 17.2 Å². The van der Waals surface area contributed by atoms with Crippen molar-refractivity contribution in [3.63, 3.8) is 0 Å². The molecule has 0 radical (unpaired) electrons. The van der Waals surface area contributed by atoms with Gasteiger partial charge in [0.25, 0.3) is 0 Å². The second kappa shape index (κ2) is 4.96. The van der Waals surface area contributed by atoms with E-state index in [2.05, 4.69) is 0 Å². The zero-order chi connectivity index (χ0) is 15.1. The van der Waals surface area contributed by atoms with Crippen LogP contribution < -0.4 is 10.5 Å². The predicted molar refractivity (Wildman–Crippen MR) is 69.5 cm³/mol. The number of fused-ring (bicyclic) bond motifs is 1. The molecule has 6 heteroatoms. The third-order valence-electron chi connectivity index (χ3n) is 3.54. The zero-order valence-electron chi connectivity index (χ0n) is 10.8. The minimum atomic E-state index is -1.27. The molecule has 0 saturated heterocycles. The fourth-order valence-electron chi connectivity index (χ4n) is 2.49. The van der Waals surface area contributed by atoms with Crippen LogP contribution in [0.2, 0.25) is 0 Å². The van der Waals surface area contributed by atoms with E-state index in [1.54, 1.807) is 12.1 Å². The van der Waals surface area contributed by atoms with E-state index in [1.807, 2.05) is 0 Å². The van der Waals surface area contributed by atoms with Gasteiger partial charge in [0, 0.05) is 17.2 Å². The van der Waals surface area contributed by atoms with Gasteiger partial charge in [-0.25, -0.2) is 13.2 Å². The first-order chi connectivity index (χ1) is 9.97. The van der Waals surface area contributed by atoms with E-state index >= 15 is 0 Å². The molecule has 1 aliphatic heterocycles. The summed E-state index contributed by atoms with van der Waals surface area (Å²) in [4.78, 5) is 0. The molecule has 0 amide bonds. The van der Waals surface area contributed by atoms with E-state index in [1.165, 1.54) is 6.07 Å². The smallest absolute Gasteiger partial charge is 0.161 e. The highest BCUT2D eigenvalue weighted by molar-refractivity contribution is 5.46. The Bertz CT molecular complexity index is 706. The average molecular weight is 295 g/mol. The first kappa shape index (κ1) is 13.8. The number of hydrogen-bond acceptors (Lipinski definition) is 3. The number of halogens is 3. The van der Waals surface area contributed by atoms with Gasteiger partial charge in [-0.3, -0.25) is 0 Å². The first-order valence-corrected chi connectivity index (χ1v) is 6.35. The first-order valence-electron chi connectivity index (χ1n) is 6.35. The van der Waals surface area contributed by atoms with Gasteiger partial charge in [-0.2, -0.15) is 0 Å². The lowest BCUT2D eigenvalue weighted by Crippen LogP contribution is -2.38. The van der Waals surface area contributed by atoms with Crippen LogP contribution in [0.5, 0.6) is 11.5 Å². The molecule has 2 aromatic rings. The maximum absolute atomic E-state index is 13.9. The van der Waals surface area contributed by atoms with Crippen molar-refractivity contribution in [3.05, 3.63) is 58.9 Å². The monoisotopic (exact) mass is 295 g/mol. The van der Waals surface area contributed by atoms with Gasteiger partial charge in [0.05, 0.1) is 6.04 Å². The molecule has 3 nitrogen and oxygen atoms in total. The van der Waals surface area contributed by atoms with Crippen LogP contribution >= 0.6 is 0 Å². The van der Waals surface area contributed by atoms with Crippen LogP contribution in [-0.2, 0) is 6.42 Å². The van der Waals surface area contributed by atoms with Crippen molar-refractivity contribution in [2.75, 3.05) is 0 Å². The normalized spacial score (nSPS) is 20.8. The lowest BCUT2D eigenvalue weighted by Gasteiger charge is -2.32. The average Bonchev–Trinajstić information content (AvgIpc) is 2.44. The van der Waals surface area contributed by atoms with Gasteiger partial charge in [-0.1, -0.05) is 6.07 Å². The van der Waals surface area contributed by atoms with Crippen LogP contribution in [0.3, 0.4) is 0 Å². The minimum absolute atomic E-state index is 0.0344. The van der Waals surface area contributed by atoms with Crippen LogP contribution in [0.15, 0.2) is 30.3 Å². The van der Waals surface area contributed by atoms with Gasteiger partial charge in [0.2, 0.25) is 0 Å². The molecule has 0 saturated carbocycles. The van der Waals surface area contributed by atoms with E-state index in [-0.39, 0.29) is 17.7 Å².